The number of morpholine rings is 1. The lowest BCUT2D eigenvalue weighted by molar-refractivity contribution is 0.0336. The zero-order valence-corrected chi connectivity index (χ0v) is 17.6. The lowest BCUT2D eigenvalue weighted by atomic mass is 10.3. The average molecular weight is 439 g/mol. The first-order valence-corrected chi connectivity index (χ1v) is 11.8. The summed E-state index contributed by atoms with van der Waals surface area (Å²) in [6.07, 6.45) is 1.79. The summed E-state index contributed by atoms with van der Waals surface area (Å²) in [5.74, 6) is 0. The molecule has 0 atom stereocenters. The minimum Gasteiger partial charge on any atom is -0.379 e. The number of nitrogens with zero attached hydrogens (tertiary/aromatic N) is 4. The molecule has 3 aromatic rings. The van der Waals surface area contributed by atoms with E-state index < -0.39 is 9.84 Å². The van der Waals surface area contributed by atoms with Crippen LogP contribution in [0.5, 0.6) is 0 Å². The largest absolute Gasteiger partial charge is 0.379 e. The van der Waals surface area contributed by atoms with Gasteiger partial charge in [-0.2, -0.15) is 5.10 Å². The van der Waals surface area contributed by atoms with Crippen LogP contribution in [-0.4, -0.2) is 60.5 Å². The van der Waals surface area contributed by atoms with Gasteiger partial charge < -0.3 is 4.74 Å². The molecule has 0 radical (unpaired) electrons. The summed E-state index contributed by atoms with van der Waals surface area (Å²) in [6.45, 7) is 3.52. The van der Waals surface area contributed by atoms with Crippen molar-refractivity contribution in [1.82, 2.24) is 19.5 Å². The molecule has 0 amide bonds. The standard InChI is InChI=1S/C18H19ClN4O3S2/c1-27-18-16(28(24,25)14-5-3-2-4-6-14)17-20-13(11-15(19)23(17)21-18)12-22-7-9-26-10-8-22/h2-6,11H,7-10,12H2,1H3. The van der Waals surface area contributed by atoms with Crippen molar-refractivity contribution in [3.63, 3.8) is 0 Å². The topological polar surface area (TPSA) is 76.8 Å². The van der Waals surface area contributed by atoms with Gasteiger partial charge in [0, 0.05) is 19.6 Å². The molecule has 28 heavy (non-hydrogen) atoms. The molecule has 1 aliphatic heterocycles. The van der Waals surface area contributed by atoms with Crippen LogP contribution in [0, 0.1) is 0 Å². The van der Waals surface area contributed by atoms with Crippen LogP contribution < -0.4 is 0 Å². The summed E-state index contributed by atoms with van der Waals surface area (Å²) in [7, 11) is -3.79. The van der Waals surface area contributed by atoms with Crippen LogP contribution >= 0.6 is 23.4 Å². The summed E-state index contributed by atoms with van der Waals surface area (Å²) >= 11 is 7.69. The smallest absolute Gasteiger partial charge is 0.213 e. The molecule has 0 N–H and O–H groups in total. The Kier molecular flexibility index (Phi) is 5.62. The molecule has 3 heterocycles. The fourth-order valence-electron chi connectivity index (χ4n) is 3.14. The van der Waals surface area contributed by atoms with Gasteiger partial charge in [-0.15, -0.1) is 11.8 Å². The number of ether oxygens (including phenoxy) is 1. The highest BCUT2D eigenvalue weighted by molar-refractivity contribution is 7.99. The first kappa shape index (κ1) is 19.7. The highest BCUT2D eigenvalue weighted by Gasteiger charge is 2.29. The van der Waals surface area contributed by atoms with Crippen molar-refractivity contribution >= 4 is 38.8 Å². The van der Waals surface area contributed by atoms with Crippen molar-refractivity contribution in [3.05, 3.63) is 47.2 Å². The molecule has 0 spiro atoms. The van der Waals surface area contributed by atoms with Gasteiger partial charge in [-0.1, -0.05) is 29.8 Å². The van der Waals surface area contributed by atoms with Crippen molar-refractivity contribution in [2.45, 2.75) is 21.4 Å². The lowest BCUT2D eigenvalue weighted by Crippen LogP contribution is -2.35. The predicted molar refractivity (Wildman–Crippen MR) is 108 cm³/mol. The normalized spacial score (nSPS) is 15.9. The zero-order chi connectivity index (χ0) is 19.7. The number of aromatic nitrogens is 3. The molecule has 148 valence electrons. The van der Waals surface area contributed by atoms with Crippen LogP contribution in [0.25, 0.3) is 5.65 Å². The molecular formula is C18H19ClN4O3S2. The van der Waals surface area contributed by atoms with Gasteiger partial charge in [-0.3, -0.25) is 4.90 Å². The number of hydrogen-bond donors (Lipinski definition) is 0. The van der Waals surface area contributed by atoms with Gasteiger partial charge in [-0.25, -0.2) is 17.9 Å². The molecule has 1 aliphatic rings. The third-order valence-electron chi connectivity index (χ3n) is 4.53. The predicted octanol–water partition coefficient (Wildman–Crippen LogP) is 2.77. The van der Waals surface area contributed by atoms with E-state index in [1.165, 1.54) is 16.3 Å². The van der Waals surface area contributed by atoms with Crippen molar-refractivity contribution in [2.24, 2.45) is 0 Å². The van der Waals surface area contributed by atoms with Crippen LogP contribution in [-0.2, 0) is 21.1 Å². The van der Waals surface area contributed by atoms with Gasteiger partial charge in [0.05, 0.1) is 23.8 Å². The van der Waals surface area contributed by atoms with E-state index in [0.717, 1.165) is 13.1 Å². The Hall–Kier alpha value is -1.65. The SMILES string of the molecule is CSc1nn2c(Cl)cc(CN3CCOCC3)nc2c1S(=O)(=O)c1ccccc1. The van der Waals surface area contributed by atoms with E-state index in [2.05, 4.69) is 15.0 Å². The summed E-state index contributed by atoms with van der Waals surface area (Å²) in [5, 5.41) is 5.09. The van der Waals surface area contributed by atoms with Gasteiger partial charge in [0.25, 0.3) is 0 Å². The third kappa shape index (κ3) is 3.65. The second kappa shape index (κ2) is 8.00. The van der Waals surface area contributed by atoms with Crippen molar-refractivity contribution in [3.8, 4) is 0 Å². The summed E-state index contributed by atoms with van der Waals surface area (Å²) in [5.41, 5.74) is 0.959. The molecule has 7 nitrogen and oxygen atoms in total. The number of hydrogen-bond acceptors (Lipinski definition) is 7. The Balaban J connectivity index is 1.85. The number of fused-ring (bicyclic) bond motifs is 1. The number of benzene rings is 1. The van der Waals surface area contributed by atoms with Crippen LogP contribution in [0.4, 0.5) is 0 Å². The van der Waals surface area contributed by atoms with Gasteiger partial charge in [0.1, 0.15) is 10.2 Å². The minimum absolute atomic E-state index is 0.0944. The van der Waals surface area contributed by atoms with E-state index in [4.69, 9.17) is 16.3 Å². The molecular weight excluding hydrogens is 420 g/mol. The van der Waals surface area contributed by atoms with Crippen LogP contribution in [0.15, 0.2) is 51.2 Å². The maximum Gasteiger partial charge on any atom is 0.213 e. The molecule has 4 rings (SSSR count). The Labute approximate surface area is 172 Å². The van der Waals surface area contributed by atoms with Crippen molar-refractivity contribution < 1.29 is 13.2 Å². The van der Waals surface area contributed by atoms with Crippen LogP contribution in [0.3, 0.4) is 0 Å². The van der Waals surface area contributed by atoms with E-state index in [1.807, 2.05) is 0 Å². The van der Waals surface area contributed by atoms with Gasteiger partial charge in [0.2, 0.25) is 9.84 Å². The number of sulfone groups is 1. The van der Waals surface area contributed by atoms with E-state index in [-0.39, 0.29) is 15.4 Å². The Bertz CT molecular complexity index is 1100. The lowest BCUT2D eigenvalue weighted by Gasteiger charge is -2.26. The van der Waals surface area contributed by atoms with Crippen molar-refractivity contribution in [2.75, 3.05) is 32.6 Å². The molecule has 1 aromatic carbocycles. The molecule has 0 unspecified atom stereocenters. The maximum absolute atomic E-state index is 13.3. The Morgan fingerprint density at radius 3 is 2.61 bits per heavy atom. The molecule has 1 saturated heterocycles. The molecule has 1 fully saturated rings. The van der Waals surface area contributed by atoms with Gasteiger partial charge in [-0.05, 0) is 24.5 Å². The highest BCUT2D eigenvalue weighted by Crippen LogP contribution is 2.33. The summed E-state index contributed by atoms with van der Waals surface area (Å²) in [6, 6.07) is 10.0. The van der Waals surface area contributed by atoms with Gasteiger partial charge >= 0.3 is 0 Å². The van der Waals surface area contributed by atoms with Crippen molar-refractivity contribution in [1.29, 1.82) is 0 Å². The Morgan fingerprint density at radius 2 is 1.93 bits per heavy atom. The first-order chi connectivity index (χ1) is 13.5. The number of halogens is 1. The molecule has 0 aliphatic carbocycles. The third-order valence-corrected chi connectivity index (χ3v) is 7.41. The summed E-state index contributed by atoms with van der Waals surface area (Å²) < 4.78 is 33.4. The molecule has 2 aromatic heterocycles. The van der Waals surface area contributed by atoms with Gasteiger partial charge in [0.15, 0.2) is 10.5 Å². The first-order valence-electron chi connectivity index (χ1n) is 8.73. The summed E-state index contributed by atoms with van der Waals surface area (Å²) in [4.78, 5) is 7.14. The second-order valence-electron chi connectivity index (χ2n) is 6.35. The number of thioether (sulfide) groups is 1. The molecule has 0 saturated carbocycles. The fourth-order valence-corrected chi connectivity index (χ4v) is 5.80. The average Bonchev–Trinajstić information content (AvgIpc) is 3.09. The quantitative estimate of drug-likeness (QED) is 0.447. The van der Waals surface area contributed by atoms with E-state index in [9.17, 15) is 8.42 Å². The second-order valence-corrected chi connectivity index (χ2v) is 9.42. The number of rotatable bonds is 5. The highest BCUT2D eigenvalue weighted by atomic mass is 35.5. The van der Waals surface area contributed by atoms with Crippen LogP contribution in [0.2, 0.25) is 5.15 Å². The van der Waals surface area contributed by atoms with E-state index in [1.54, 1.807) is 42.7 Å². The zero-order valence-electron chi connectivity index (χ0n) is 15.2. The molecule has 10 heteroatoms. The Morgan fingerprint density at radius 1 is 1.21 bits per heavy atom. The monoisotopic (exact) mass is 438 g/mol. The minimum atomic E-state index is -3.79. The molecule has 0 bridgehead atoms. The maximum atomic E-state index is 13.3. The van der Waals surface area contributed by atoms with Crippen LogP contribution in [0.1, 0.15) is 5.69 Å². The fraction of sp³-hybridized carbons (Fsp3) is 0.333. The van der Waals surface area contributed by atoms with E-state index in [0.29, 0.717) is 35.6 Å². The van der Waals surface area contributed by atoms with E-state index >= 15 is 0 Å².